The molecule has 1 fully saturated rings. The maximum absolute atomic E-state index is 9.91. The van der Waals surface area contributed by atoms with Gasteiger partial charge in [0.15, 0.2) is 0 Å². The molecule has 0 saturated carbocycles. The number of hydrazine groups is 1. The van der Waals surface area contributed by atoms with Crippen LogP contribution in [0.25, 0.3) is 0 Å². The number of nitriles is 1. The number of hydrogen-bond acceptors (Lipinski definition) is 7. The molecule has 0 aromatic heterocycles. The van der Waals surface area contributed by atoms with Crippen LogP contribution < -0.4 is 15.5 Å². The fraction of sp³-hybridized carbons (Fsp3) is 0.696. The van der Waals surface area contributed by atoms with E-state index in [0.717, 1.165) is 43.8 Å². The number of nitrogens with one attached hydrogen (secondary N) is 3. The molecule has 0 aromatic rings. The normalized spacial score (nSPS) is 34.5. The lowest BCUT2D eigenvalue weighted by atomic mass is 9.74. The highest BCUT2D eigenvalue weighted by molar-refractivity contribution is 8.01. The minimum absolute atomic E-state index is 0.0684. The number of hydrogen-bond donors (Lipinski definition) is 4. The second-order valence-corrected chi connectivity index (χ2v) is 11.0. The van der Waals surface area contributed by atoms with Gasteiger partial charge in [0.25, 0.3) is 0 Å². The number of aliphatic hydroxyl groups excluding tert-OH is 1. The van der Waals surface area contributed by atoms with Crippen LogP contribution in [0.1, 0.15) is 52.9 Å². The third kappa shape index (κ3) is 4.72. The van der Waals surface area contributed by atoms with E-state index >= 15 is 0 Å². The number of rotatable bonds is 4. The number of aliphatic hydroxyl groups is 1. The maximum atomic E-state index is 9.91. The average Bonchev–Trinajstić information content (AvgIpc) is 3.17. The van der Waals surface area contributed by atoms with E-state index in [1.54, 1.807) is 11.9 Å². The van der Waals surface area contributed by atoms with Crippen LogP contribution in [0.4, 0.5) is 0 Å². The lowest BCUT2D eigenvalue weighted by molar-refractivity contribution is 0.115. The predicted molar refractivity (Wildman–Crippen MR) is 122 cm³/mol. The van der Waals surface area contributed by atoms with Crippen molar-refractivity contribution >= 4 is 11.9 Å². The van der Waals surface area contributed by atoms with E-state index in [1.807, 2.05) is 6.08 Å². The number of allylic oxidation sites excluding steroid dienone is 3. The lowest BCUT2D eigenvalue weighted by Gasteiger charge is -2.39. The Morgan fingerprint density at radius 2 is 2.10 bits per heavy atom. The molecule has 0 aromatic carbocycles. The smallest absolute Gasteiger partial charge is 0.104 e. The number of fused-ring (bicyclic) bond motifs is 1. The van der Waals surface area contributed by atoms with E-state index in [-0.39, 0.29) is 24.0 Å². The van der Waals surface area contributed by atoms with Gasteiger partial charge >= 0.3 is 0 Å². The SMILES string of the molecule is CC(C)(C)C1CC=C(SNC2CCC(C#N)C3=CC(C4C=C(O)CNC4)NN32)CC1. The Morgan fingerprint density at radius 3 is 2.77 bits per heavy atom. The molecule has 4 aliphatic rings. The van der Waals surface area contributed by atoms with Gasteiger partial charge in [0.2, 0.25) is 0 Å². The zero-order valence-corrected chi connectivity index (χ0v) is 19.1. The van der Waals surface area contributed by atoms with E-state index in [4.69, 9.17) is 0 Å². The van der Waals surface area contributed by atoms with Crippen LogP contribution in [-0.4, -0.2) is 35.4 Å². The molecule has 4 rings (SSSR count). The molecular formula is C23H35N5OS. The molecule has 3 heterocycles. The monoisotopic (exact) mass is 429 g/mol. The van der Waals surface area contributed by atoms with Crippen molar-refractivity contribution in [1.82, 2.24) is 20.5 Å². The molecule has 5 atom stereocenters. The van der Waals surface area contributed by atoms with Crippen molar-refractivity contribution in [2.24, 2.45) is 23.2 Å². The minimum Gasteiger partial charge on any atom is -0.511 e. The second kappa shape index (κ2) is 8.96. The topological polar surface area (TPSA) is 83.3 Å². The molecule has 4 N–H and O–H groups in total. The van der Waals surface area contributed by atoms with Crippen LogP contribution in [0, 0.1) is 34.5 Å². The van der Waals surface area contributed by atoms with Crippen molar-refractivity contribution in [2.75, 3.05) is 13.1 Å². The predicted octanol–water partition coefficient (Wildman–Crippen LogP) is 3.95. The molecule has 5 unspecified atom stereocenters. The highest BCUT2D eigenvalue weighted by Gasteiger charge is 2.40. The standard InChI is InChI=1S/C23H35N5OS/c1-23(2,3)17-5-7-19(8-6-17)30-27-22-9-4-15(12-24)21-11-20(26-28(21)22)16-10-18(29)14-25-13-16/h7,10-11,15-17,20,22,25-27,29H,4-6,8-9,13-14H2,1-3H3. The van der Waals surface area contributed by atoms with Crippen molar-refractivity contribution in [3.63, 3.8) is 0 Å². The van der Waals surface area contributed by atoms with Crippen LogP contribution in [-0.2, 0) is 0 Å². The van der Waals surface area contributed by atoms with Crippen LogP contribution in [0.15, 0.2) is 34.6 Å². The minimum atomic E-state index is -0.0684. The quantitative estimate of drug-likeness (QED) is 0.504. The Bertz CT molecular complexity index is 777. The fourth-order valence-corrected chi connectivity index (χ4v) is 5.86. The second-order valence-electron chi connectivity index (χ2n) is 10.1. The first kappa shape index (κ1) is 21.8. The number of piperidine rings is 1. The summed E-state index contributed by atoms with van der Waals surface area (Å²) in [6.07, 6.45) is 12.1. The first-order valence-corrected chi connectivity index (χ1v) is 12.1. The van der Waals surface area contributed by atoms with Crippen molar-refractivity contribution in [2.45, 2.75) is 65.1 Å². The Kier molecular flexibility index (Phi) is 6.50. The highest BCUT2D eigenvalue weighted by atomic mass is 32.2. The van der Waals surface area contributed by atoms with Gasteiger partial charge in [-0.1, -0.05) is 26.8 Å². The molecule has 1 aliphatic carbocycles. The molecule has 0 amide bonds. The Hall–Kier alpha value is -1.46. The molecule has 30 heavy (non-hydrogen) atoms. The van der Waals surface area contributed by atoms with Crippen molar-refractivity contribution in [1.29, 1.82) is 5.26 Å². The molecule has 6 nitrogen and oxygen atoms in total. The Morgan fingerprint density at radius 1 is 1.27 bits per heavy atom. The first-order valence-electron chi connectivity index (χ1n) is 11.2. The Balaban J connectivity index is 1.39. The van der Waals surface area contributed by atoms with Gasteiger partial charge in [-0.25, -0.2) is 10.1 Å². The van der Waals surface area contributed by atoms with Crippen molar-refractivity contribution < 1.29 is 5.11 Å². The van der Waals surface area contributed by atoms with Gasteiger partial charge in [0.05, 0.1) is 24.6 Å². The summed E-state index contributed by atoms with van der Waals surface area (Å²) in [6, 6.07) is 2.57. The average molecular weight is 430 g/mol. The summed E-state index contributed by atoms with van der Waals surface area (Å²) in [7, 11) is 0. The summed E-state index contributed by atoms with van der Waals surface area (Å²) in [5.74, 6) is 1.27. The van der Waals surface area contributed by atoms with Crippen molar-refractivity contribution in [3.05, 3.63) is 34.6 Å². The van der Waals surface area contributed by atoms with Gasteiger partial charge in [-0.3, -0.25) is 5.01 Å². The van der Waals surface area contributed by atoms with E-state index in [1.165, 1.54) is 11.3 Å². The molecule has 0 bridgehead atoms. The molecular weight excluding hydrogens is 394 g/mol. The van der Waals surface area contributed by atoms with E-state index in [9.17, 15) is 10.4 Å². The van der Waals surface area contributed by atoms with E-state index in [0.29, 0.717) is 17.7 Å². The molecule has 0 spiro atoms. The maximum Gasteiger partial charge on any atom is 0.104 e. The Labute approximate surface area is 185 Å². The van der Waals surface area contributed by atoms with Crippen LogP contribution in [0.2, 0.25) is 0 Å². The van der Waals surface area contributed by atoms with Gasteiger partial charge in [-0.2, -0.15) is 5.26 Å². The summed E-state index contributed by atoms with van der Waals surface area (Å²) in [5.41, 5.74) is 5.07. The van der Waals surface area contributed by atoms with Gasteiger partial charge in [-0.05, 0) is 72.4 Å². The van der Waals surface area contributed by atoms with Crippen LogP contribution in [0.3, 0.4) is 0 Å². The summed E-state index contributed by atoms with van der Waals surface area (Å²) in [4.78, 5) is 1.43. The van der Waals surface area contributed by atoms with Crippen LogP contribution in [0.5, 0.6) is 0 Å². The van der Waals surface area contributed by atoms with Gasteiger partial charge in [0, 0.05) is 18.2 Å². The molecule has 1 saturated heterocycles. The zero-order valence-electron chi connectivity index (χ0n) is 18.3. The number of nitrogens with zero attached hydrogens (tertiary/aromatic N) is 2. The molecule has 3 aliphatic heterocycles. The largest absolute Gasteiger partial charge is 0.511 e. The van der Waals surface area contributed by atoms with Gasteiger partial charge in [0.1, 0.15) is 11.9 Å². The highest BCUT2D eigenvalue weighted by Crippen LogP contribution is 2.40. The zero-order chi connectivity index (χ0) is 21.3. The third-order valence-electron chi connectivity index (χ3n) is 6.94. The summed E-state index contributed by atoms with van der Waals surface area (Å²) in [5, 5.41) is 25.0. The summed E-state index contributed by atoms with van der Waals surface area (Å²) < 4.78 is 3.67. The molecule has 7 heteroatoms. The van der Waals surface area contributed by atoms with E-state index in [2.05, 4.69) is 59.5 Å². The van der Waals surface area contributed by atoms with E-state index < -0.39 is 0 Å². The van der Waals surface area contributed by atoms with Gasteiger partial charge in [-0.15, -0.1) is 0 Å². The van der Waals surface area contributed by atoms with Gasteiger partial charge < -0.3 is 10.4 Å². The van der Waals surface area contributed by atoms with Crippen LogP contribution >= 0.6 is 11.9 Å². The third-order valence-corrected chi connectivity index (χ3v) is 7.97. The lowest BCUT2D eigenvalue weighted by Crippen LogP contribution is -2.54. The van der Waals surface area contributed by atoms with Crippen molar-refractivity contribution in [3.8, 4) is 6.07 Å². The summed E-state index contributed by atoms with van der Waals surface area (Å²) in [6.45, 7) is 8.39. The summed E-state index contributed by atoms with van der Waals surface area (Å²) >= 11 is 1.77. The molecule has 164 valence electrons. The fourth-order valence-electron chi connectivity index (χ4n) is 4.95. The first-order chi connectivity index (χ1) is 14.3. The molecule has 0 radical (unpaired) electrons.